The highest BCUT2D eigenvalue weighted by molar-refractivity contribution is 7.80. The molecule has 0 aliphatic rings. The van der Waals surface area contributed by atoms with Gasteiger partial charge in [0.05, 0.1) is 0 Å². The van der Waals surface area contributed by atoms with Gasteiger partial charge in [-0.3, -0.25) is 25.8 Å². The van der Waals surface area contributed by atoms with E-state index in [1.54, 1.807) is 24.3 Å². The number of halogens is 1. The van der Waals surface area contributed by atoms with Gasteiger partial charge in [0, 0.05) is 11.1 Å². The van der Waals surface area contributed by atoms with Gasteiger partial charge in [-0.15, -0.1) is 0 Å². The summed E-state index contributed by atoms with van der Waals surface area (Å²) in [4.78, 5) is 23.5. The standard InChI is InChI=1S/C19H18ClN3O3S/c1-13-11-15(8-9-16(13)20)26-12-18(25)22-23-19(27)21-17(24)10-7-14-5-3-2-4-6-14/h2-11H,12H2,1H3,(H,22,25)(H2,21,23,24,27). The van der Waals surface area contributed by atoms with Gasteiger partial charge in [0.2, 0.25) is 5.91 Å². The fourth-order valence-corrected chi connectivity index (χ4v) is 2.21. The number of nitrogens with one attached hydrogen (secondary N) is 3. The third kappa shape index (κ3) is 7.47. The van der Waals surface area contributed by atoms with Crippen LogP contribution in [0.3, 0.4) is 0 Å². The van der Waals surface area contributed by atoms with Crippen LogP contribution >= 0.6 is 23.8 Å². The third-order valence-corrected chi connectivity index (χ3v) is 3.91. The molecule has 0 aromatic heterocycles. The molecule has 0 atom stereocenters. The molecule has 0 heterocycles. The van der Waals surface area contributed by atoms with Crippen LogP contribution in [0.4, 0.5) is 0 Å². The van der Waals surface area contributed by atoms with Gasteiger partial charge < -0.3 is 4.74 Å². The fourth-order valence-electron chi connectivity index (χ4n) is 1.94. The van der Waals surface area contributed by atoms with Gasteiger partial charge in [0.25, 0.3) is 5.91 Å². The summed E-state index contributed by atoms with van der Waals surface area (Å²) in [7, 11) is 0. The SMILES string of the molecule is Cc1cc(OCC(=O)NNC(=S)NC(=O)C=Cc2ccccc2)ccc1Cl. The van der Waals surface area contributed by atoms with E-state index in [4.69, 9.17) is 28.6 Å². The third-order valence-electron chi connectivity index (χ3n) is 3.28. The zero-order valence-electron chi connectivity index (χ0n) is 14.5. The molecule has 0 saturated carbocycles. The van der Waals surface area contributed by atoms with Gasteiger partial charge in [0.1, 0.15) is 5.75 Å². The highest BCUT2D eigenvalue weighted by atomic mass is 35.5. The van der Waals surface area contributed by atoms with Gasteiger partial charge >= 0.3 is 0 Å². The summed E-state index contributed by atoms with van der Waals surface area (Å²) in [6.07, 6.45) is 3.00. The zero-order chi connectivity index (χ0) is 19.6. The van der Waals surface area contributed by atoms with Crippen LogP contribution in [0.15, 0.2) is 54.6 Å². The molecule has 6 nitrogen and oxygen atoms in total. The lowest BCUT2D eigenvalue weighted by Gasteiger charge is -2.11. The minimum atomic E-state index is -0.459. The molecule has 3 N–H and O–H groups in total. The number of carbonyl (C=O) groups excluding carboxylic acids is 2. The highest BCUT2D eigenvalue weighted by Gasteiger charge is 2.06. The Morgan fingerprint density at radius 2 is 1.89 bits per heavy atom. The summed E-state index contributed by atoms with van der Waals surface area (Å²) in [5.74, 6) is -0.355. The first-order valence-electron chi connectivity index (χ1n) is 7.96. The molecule has 2 amide bonds. The fraction of sp³-hybridized carbons (Fsp3) is 0.105. The second-order valence-electron chi connectivity index (χ2n) is 5.44. The van der Waals surface area contributed by atoms with Crippen LogP contribution in [0, 0.1) is 6.92 Å². The number of rotatable bonds is 5. The van der Waals surface area contributed by atoms with Gasteiger partial charge in [0.15, 0.2) is 11.7 Å². The zero-order valence-corrected chi connectivity index (χ0v) is 16.1. The summed E-state index contributed by atoms with van der Waals surface area (Å²) in [6.45, 7) is 1.61. The van der Waals surface area contributed by atoms with Crippen molar-refractivity contribution in [3.63, 3.8) is 0 Å². The first-order valence-corrected chi connectivity index (χ1v) is 8.74. The predicted molar refractivity (Wildman–Crippen MR) is 109 cm³/mol. The van der Waals surface area contributed by atoms with Gasteiger partial charge in [-0.05, 0) is 54.5 Å². The lowest BCUT2D eigenvalue weighted by Crippen LogP contribution is -2.49. The van der Waals surface area contributed by atoms with Gasteiger partial charge in [-0.25, -0.2) is 0 Å². The summed E-state index contributed by atoms with van der Waals surface area (Å²) in [6, 6.07) is 14.4. The maximum atomic E-state index is 11.8. The van der Waals surface area contributed by atoms with Crippen LogP contribution in [-0.4, -0.2) is 23.5 Å². The number of hydrazine groups is 1. The van der Waals surface area contributed by atoms with Crippen molar-refractivity contribution in [1.82, 2.24) is 16.2 Å². The Hall–Kier alpha value is -2.90. The van der Waals surface area contributed by atoms with E-state index in [1.807, 2.05) is 37.3 Å². The van der Waals surface area contributed by atoms with Crippen molar-refractivity contribution in [2.45, 2.75) is 6.92 Å². The normalized spacial score (nSPS) is 10.3. The molecule has 2 rings (SSSR count). The van der Waals surface area contributed by atoms with E-state index >= 15 is 0 Å². The Balaban J connectivity index is 1.69. The second kappa shape index (κ2) is 10.3. The summed E-state index contributed by atoms with van der Waals surface area (Å²) >= 11 is 10.9. The molecule has 2 aromatic rings. The maximum absolute atomic E-state index is 11.8. The van der Waals surface area contributed by atoms with E-state index in [0.717, 1.165) is 11.1 Å². The average molecular weight is 404 g/mol. The van der Waals surface area contributed by atoms with Crippen molar-refractivity contribution in [1.29, 1.82) is 0 Å². The molecule has 0 aliphatic heterocycles. The number of hydrogen-bond donors (Lipinski definition) is 3. The second-order valence-corrected chi connectivity index (χ2v) is 6.25. The molecular weight excluding hydrogens is 386 g/mol. The van der Waals surface area contributed by atoms with E-state index in [9.17, 15) is 9.59 Å². The molecular formula is C19H18ClN3O3S. The average Bonchev–Trinajstić information content (AvgIpc) is 2.66. The Kier molecular flexibility index (Phi) is 7.79. The maximum Gasteiger partial charge on any atom is 0.276 e. The number of ether oxygens (including phenoxy) is 1. The van der Waals surface area contributed by atoms with Crippen LogP contribution in [0.25, 0.3) is 6.08 Å². The van der Waals surface area contributed by atoms with Crippen molar-refractivity contribution < 1.29 is 14.3 Å². The van der Waals surface area contributed by atoms with Crippen LogP contribution < -0.4 is 20.9 Å². The molecule has 0 radical (unpaired) electrons. The first-order chi connectivity index (χ1) is 12.9. The van der Waals surface area contributed by atoms with Gasteiger partial charge in [-0.1, -0.05) is 41.9 Å². The lowest BCUT2D eigenvalue weighted by molar-refractivity contribution is -0.123. The number of benzene rings is 2. The topological polar surface area (TPSA) is 79.5 Å². The summed E-state index contributed by atoms with van der Waals surface area (Å²) in [5.41, 5.74) is 6.50. The molecule has 0 aliphatic carbocycles. The Bertz CT molecular complexity index is 857. The molecule has 0 saturated heterocycles. The molecule has 0 fully saturated rings. The minimum Gasteiger partial charge on any atom is -0.484 e. The van der Waals surface area contributed by atoms with Crippen LogP contribution in [0.1, 0.15) is 11.1 Å². The van der Waals surface area contributed by atoms with Crippen molar-refractivity contribution in [2.75, 3.05) is 6.61 Å². The number of carbonyl (C=O) groups is 2. The van der Waals surface area contributed by atoms with Crippen molar-refractivity contribution in [2.24, 2.45) is 0 Å². The molecule has 2 aromatic carbocycles. The quantitative estimate of drug-likeness (QED) is 0.406. The highest BCUT2D eigenvalue weighted by Crippen LogP contribution is 2.20. The van der Waals surface area contributed by atoms with Crippen LogP contribution in [0.5, 0.6) is 5.75 Å². The Morgan fingerprint density at radius 3 is 2.59 bits per heavy atom. The number of aryl methyl sites for hydroxylation is 1. The monoisotopic (exact) mass is 403 g/mol. The molecule has 140 valence electrons. The lowest BCUT2D eigenvalue weighted by atomic mass is 10.2. The smallest absolute Gasteiger partial charge is 0.276 e. The van der Waals surface area contributed by atoms with E-state index in [0.29, 0.717) is 10.8 Å². The Morgan fingerprint density at radius 1 is 1.15 bits per heavy atom. The van der Waals surface area contributed by atoms with Crippen LogP contribution in [-0.2, 0) is 9.59 Å². The number of amides is 2. The van der Waals surface area contributed by atoms with Crippen LogP contribution in [0.2, 0.25) is 5.02 Å². The van der Waals surface area contributed by atoms with E-state index in [2.05, 4.69) is 16.2 Å². The Labute approximate surface area is 167 Å². The van der Waals surface area contributed by atoms with E-state index < -0.39 is 11.8 Å². The molecule has 0 bridgehead atoms. The van der Waals surface area contributed by atoms with E-state index in [-0.39, 0.29) is 11.7 Å². The van der Waals surface area contributed by atoms with E-state index in [1.165, 1.54) is 6.08 Å². The first kappa shape index (κ1) is 20.4. The molecule has 27 heavy (non-hydrogen) atoms. The van der Waals surface area contributed by atoms with Gasteiger partial charge in [-0.2, -0.15) is 0 Å². The van der Waals surface area contributed by atoms with Crippen molar-refractivity contribution >= 4 is 46.8 Å². The number of hydrogen-bond acceptors (Lipinski definition) is 4. The predicted octanol–water partition coefficient (Wildman–Crippen LogP) is 2.76. The molecule has 0 spiro atoms. The minimum absolute atomic E-state index is 0.0339. The molecule has 8 heteroatoms. The molecule has 0 unspecified atom stereocenters. The van der Waals surface area contributed by atoms with Crippen molar-refractivity contribution in [3.8, 4) is 5.75 Å². The largest absolute Gasteiger partial charge is 0.484 e. The summed E-state index contributed by atoms with van der Waals surface area (Å²) < 4.78 is 5.35. The summed E-state index contributed by atoms with van der Waals surface area (Å²) in [5, 5.41) is 3.00. The number of thiocarbonyl (C=S) groups is 1. The van der Waals surface area contributed by atoms with Crippen molar-refractivity contribution in [3.05, 3.63) is 70.8 Å².